The number of esters is 1. The van der Waals surface area contributed by atoms with Gasteiger partial charge in [-0.15, -0.1) is 0 Å². The van der Waals surface area contributed by atoms with Gasteiger partial charge in [0.1, 0.15) is 6.33 Å². The number of ether oxygens (including phenoxy) is 1. The van der Waals surface area contributed by atoms with Gasteiger partial charge in [-0.2, -0.15) is 0 Å². The Morgan fingerprint density at radius 1 is 1.27 bits per heavy atom. The van der Waals surface area contributed by atoms with Crippen molar-refractivity contribution in [3.8, 4) is 5.69 Å². The van der Waals surface area contributed by atoms with Crippen LogP contribution in [0.15, 0.2) is 58.4 Å². The molecule has 0 unspecified atom stereocenters. The minimum absolute atomic E-state index is 0.298. The van der Waals surface area contributed by atoms with Crippen molar-refractivity contribution in [2.75, 3.05) is 6.61 Å². The van der Waals surface area contributed by atoms with Crippen LogP contribution in [-0.4, -0.2) is 32.8 Å². The first-order chi connectivity index (χ1) is 12.7. The van der Waals surface area contributed by atoms with Crippen molar-refractivity contribution in [1.29, 1.82) is 0 Å². The zero-order chi connectivity index (χ0) is 18.1. The molecule has 0 fully saturated rings. The zero-order valence-electron chi connectivity index (χ0n) is 14.0. The van der Waals surface area contributed by atoms with Gasteiger partial charge in [-0.25, -0.2) is 9.78 Å². The standard InChI is InChI=1S/C19H15BrN4O2/c1-2-26-19(25)18-16-10-22-17(14-5-3-4-8-21-14)13-9-12(20)6-7-15(13)24(16)11-23-18/h3-9,11H,2,10H2,1H3. The zero-order valence-corrected chi connectivity index (χ0v) is 15.6. The summed E-state index contributed by atoms with van der Waals surface area (Å²) in [7, 11) is 0. The SMILES string of the molecule is CCOC(=O)c1ncn2c1CN=C(c1ccccn1)c1cc(Br)ccc1-2. The van der Waals surface area contributed by atoms with Gasteiger partial charge in [-0.05, 0) is 37.3 Å². The van der Waals surface area contributed by atoms with Crippen LogP contribution < -0.4 is 0 Å². The number of fused-ring (bicyclic) bond motifs is 3. The van der Waals surface area contributed by atoms with Gasteiger partial charge in [0.05, 0.1) is 35.9 Å². The first-order valence-electron chi connectivity index (χ1n) is 8.18. The normalized spacial score (nSPS) is 12.6. The Hall–Kier alpha value is -2.80. The maximum atomic E-state index is 12.2. The molecule has 0 radical (unpaired) electrons. The molecule has 1 aliphatic heterocycles. The van der Waals surface area contributed by atoms with Crippen molar-refractivity contribution in [2.24, 2.45) is 4.99 Å². The predicted octanol–water partition coefficient (Wildman–Crippen LogP) is 3.56. The number of hydrogen-bond acceptors (Lipinski definition) is 5. The largest absolute Gasteiger partial charge is 0.461 e. The number of aromatic nitrogens is 3. The third kappa shape index (κ3) is 2.84. The molecule has 7 heteroatoms. The second-order valence-corrected chi connectivity index (χ2v) is 6.59. The van der Waals surface area contributed by atoms with Crippen LogP contribution in [0.25, 0.3) is 5.69 Å². The van der Waals surface area contributed by atoms with E-state index in [9.17, 15) is 4.79 Å². The topological polar surface area (TPSA) is 69.4 Å². The summed E-state index contributed by atoms with van der Waals surface area (Å²) < 4.78 is 7.96. The highest BCUT2D eigenvalue weighted by molar-refractivity contribution is 9.10. The lowest BCUT2D eigenvalue weighted by Crippen LogP contribution is -2.09. The van der Waals surface area contributed by atoms with E-state index in [1.54, 1.807) is 19.4 Å². The molecule has 2 aromatic heterocycles. The van der Waals surface area contributed by atoms with E-state index in [1.165, 1.54) is 0 Å². The van der Waals surface area contributed by atoms with E-state index in [-0.39, 0.29) is 0 Å². The van der Waals surface area contributed by atoms with Crippen LogP contribution in [0, 0.1) is 0 Å². The molecule has 0 saturated heterocycles. The number of pyridine rings is 1. The molecule has 26 heavy (non-hydrogen) atoms. The van der Waals surface area contributed by atoms with Crippen LogP contribution in [0.5, 0.6) is 0 Å². The van der Waals surface area contributed by atoms with Crippen molar-refractivity contribution < 1.29 is 9.53 Å². The lowest BCUT2D eigenvalue weighted by atomic mass is 10.0. The molecule has 0 saturated carbocycles. The minimum atomic E-state index is -0.434. The van der Waals surface area contributed by atoms with Crippen LogP contribution in [0.4, 0.5) is 0 Å². The number of imidazole rings is 1. The molecule has 0 aliphatic carbocycles. The fraction of sp³-hybridized carbons (Fsp3) is 0.158. The maximum Gasteiger partial charge on any atom is 0.358 e. The van der Waals surface area contributed by atoms with E-state index in [4.69, 9.17) is 9.73 Å². The van der Waals surface area contributed by atoms with Gasteiger partial charge < -0.3 is 4.74 Å². The quantitative estimate of drug-likeness (QED) is 0.618. The fourth-order valence-corrected chi connectivity index (χ4v) is 3.33. The molecule has 1 aliphatic rings. The summed E-state index contributed by atoms with van der Waals surface area (Å²) in [6.45, 7) is 2.39. The van der Waals surface area contributed by atoms with E-state index in [2.05, 4.69) is 25.9 Å². The molecule has 4 rings (SSSR count). The average molecular weight is 411 g/mol. The highest BCUT2D eigenvalue weighted by Gasteiger charge is 2.25. The third-order valence-electron chi connectivity index (χ3n) is 4.10. The van der Waals surface area contributed by atoms with Gasteiger partial charge >= 0.3 is 5.97 Å². The summed E-state index contributed by atoms with van der Waals surface area (Å²) in [5, 5.41) is 0. The molecule has 130 valence electrons. The number of nitrogens with zero attached hydrogens (tertiary/aromatic N) is 4. The highest BCUT2D eigenvalue weighted by Crippen LogP contribution is 2.28. The van der Waals surface area contributed by atoms with Crippen molar-refractivity contribution in [2.45, 2.75) is 13.5 Å². The summed E-state index contributed by atoms with van der Waals surface area (Å²) in [6.07, 6.45) is 3.39. The van der Waals surface area contributed by atoms with E-state index in [1.807, 2.05) is 41.0 Å². The number of rotatable bonds is 3. The van der Waals surface area contributed by atoms with Gasteiger partial charge in [-0.3, -0.25) is 14.5 Å². The number of halogens is 1. The molecule has 0 bridgehead atoms. The lowest BCUT2D eigenvalue weighted by Gasteiger charge is -2.11. The van der Waals surface area contributed by atoms with E-state index in [0.29, 0.717) is 24.5 Å². The summed E-state index contributed by atoms with van der Waals surface area (Å²) in [5.41, 5.74) is 4.38. The maximum absolute atomic E-state index is 12.2. The number of carbonyl (C=O) groups is 1. The Kier molecular flexibility index (Phi) is 4.38. The van der Waals surface area contributed by atoms with Crippen molar-refractivity contribution >= 4 is 27.6 Å². The second-order valence-electron chi connectivity index (χ2n) is 5.67. The van der Waals surface area contributed by atoms with Crippen LogP contribution in [0.2, 0.25) is 0 Å². The molecular formula is C19H15BrN4O2. The van der Waals surface area contributed by atoms with Gasteiger partial charge in [0.2, 0.25) is 0 Å². The summed E-state index contributed by atoms with van der Waals surface area (Å²) in [6, 6.07) is 11.7. The molecule has 3 heterocycles. The monoisotopic (exact) mass is 410 g/mol. The van der Waals surface area contributed by atoms with Gasteiger partial charge in [0.15, 0.2) is 5.69 Å². The van der Waals surface area contributed by atoms with Gasteiger partial charge in [0.25, 0.3) is 0 Å². The van der Waals surface area contributed by atoms with Crippen molar-refractivity contribution in [1.82, 2.24) is 14.5 Å². The number of aliphatic imine (C=N–C) groups is 1. The lowest BCUT2D eigenvalue weighted by molar-refractivity contribution is 0.0518. The van der Waals surface area contributed by atoms with Crippen LogP contribution >= 0.6 is 15.9 Å². The highest BCUT2D eigenvalue weighted by atomic mass is 79.9. The molecule has 1 aromatic carbocycles. The Labute approximate surface area is 158 Å². The van der Waals surface area contributed by atoms with Gasteiger partial charge in [0, 0.05) is 16.2 Å². The number of hydrogen-bond donors (Lipinski definition) is 0. The number of carbonyl (C=O) groups excluding carboxylic acids is 1. The molecule has 6 nitrogen and oxygen atoms in total. The average Bonchev–Trinajstić information content (AvgIpc) is 3.00. The molecule has 3 aromatic rings. The molecular weight excluding hydrogens is 396 g/mol. The van der Waals surface area contributed by atoms with Gasteiger partial charge in [-0.1, -0.05) is 22.0 Å². The van der Waals surface area contributed by atoms with E-state index >= 15 is 0 Å². The Balaban J connectivity index is 1.92. The first-order valence-corrected chi connectivity index (χ1v) is 8.98. The Bertz CT molecular complexity index is 1010. The van der Waals surface area contributed by atoms with E-state index in [0.717, 1.165) is 27.1 Å². The predicted molar refractivity (Wildman–Crippen MR) is 101 cm³/mol. The smallest absolute Gasteiger partial charge is 0.358 e. The summed E-state index contributed by atoms with van der Waals surface area (Å²) >= 11 is 3.53. The molecule has 0 atom stereocenters. The van der Waals surface area contributed by atoms with E-state index < -0.39 is 5.97 Å². The Morgan fingerprint density at radius 2 is 2.15 bits per heavy atom. The number of benzene rings is 1. The first kappa shape index (κ1) is 16.7. The van der Waals surface area contributed by atoms with Crippen molar-refractivity contribution in [3.63, 3.8) is 0 Å². The minimum Gasteiger partial charge on any atom is -0.461 e. The third-order valence-corrected chi connectivity index (χ3v) is 4.60. The molecule has 0 spiro atoms. The van der Waals surface area contributed by atoms with Crippen LogP contribution in [-0.2, 0) is 11.3 Å². The van der Waals surface area contributed by atoms with Crippen LogP contribution in [0.3, 0.4) is 0 Å². The molecule has 0 N–H and O–H groups in total. The second kappa shape index (κ2) is 6.84. The summed E-state index contributed by atoms with van der Waals surface area (Å²) in [5.74, 6) is -0.434. The Morgan fingerprint density at radius 3 is 2.92 bits per heavy atom. The summed E-state index contributed by atoms with van der Waals surface area (Å²) in [4.78, 5) is 25.7. The molecule has 0 amide bonds. The fourth-order valence-electron chi connectivity index (χ4n) is 2.97. The van der Waals surface area contributed by atoms with Crippen molar-refractivity contribution in [3.05, 3.63) is 76.0 Å². The van der Waals surface area contributed by atoms with Crippen LogP contribution in [0.1, 0.15) is 34.4 Å².